The highest BCUT2D eigenvalue weighted by atomic mass is 19.1. The lowest BCUT2D eigenvalue weighted by Gasteiger charge is -2.09. The van der Waals surface area contributed by atoms with Gasteiger partial charge in [0.25, 0.3) is 0 Å². The molecule has 0 aliphatic carbocycles. The highest BCUT2D eigenvalue weighted by molar-refractivity contribution is 5.68. The van der Waals surface area contributed by atoms with E-state index < -0.39 is 0 Å². The topological polar surface area (TPSA) is 9.23 Å². The molecule has 0 N–H and O–H groups in total. The second kappa shape index (κ2) is 3.44. The van der Waals surface area contributed by atoms with Crippen LogP contribution in [0.4, 0.5) is 4.39 Å². The van der Waals surface area contributed by atoms with Gasteiger partial charge in [-0.05, 0) is 29.3 Å². The molecule has 2 rings (SSSR count). The first-order chi connectivity index (χ1) is 6.36. The van der Waals surface area contributed by atoms with Gasteiger partial charge in [-0.15, -0.1) is 0 Å². The highest BCUT2D eigenvalue weighted by Crippen LogP contribution is 2.17. The maximum atomic E-state index is 12.6. The molecule has 0 bridgehead atoms. The monoisotopic (exact) mass is 176 g/mol. The first-order valence-electron chi connectivity index (χ1n) is 4.09. The third-order valence-electron chi connectivity index (χ3n) is 1.93. The van der Waals surface area contributed by atoms with Crippen molar-refractivity contribution in [3.63, 3.8) is 0 Å². The molecule has 1 aromatic rings. The Balaban J connectivity index is 2.30. The van der Waals surface area contributed by atoms with E-state index >= 15 is 0 Å². The van der Waals surface area contributed by atoms with E-state index in [1.165, 1.54) is 12.1 Å². The van der Waals surface area contributed by atoms with Gasteiger partial charge in [-0.1, -0.05) is 18.2 Å². The van der Waals surface area contributed by atoms with Crippen molar-refractivity contribution in [3.8, 4) is 0 Å². The second-order valence-corrected chi connectivity index (χ2v) is 2.84. The zero-order valence-electron chi connectivity index (χ0n) is 7.03. The van der Waals surface area contributed by atoms with Gasteiger partial charge in [-0.25, -0.2) is 4.39 Å². The molecule has 0 amide bonds. The van der Waals surface area contributed by atoms with Crippen molar-refractivity contribution < 1.29 is 9.13 Å². The fraction of sp³-hybridized carbons (Fsp3) is 0.0909. The summed E-state index contributed by atoms with van der Waals surface area (Å²) in [6.07, 6.45) is 5.45. The Morgan fingerprint density at radius 1 is 1.15 bits per heavy atom. The highest BCUT2D eigenvalue weighted by Gasteiger charge is 2.03. The summed E-state index contributed by atoms with van der Waals surface area (Å²) in [6.45, 7) is 0.558. The van der Waals surface area contributed by atoms with E-state index in [1.807, 2.05) is 12.2 Å². The molecule has 0 unspecified atom stereocenters. The van der Waals surface area contributed by atoms with Crippen LogP contribution >= 0.6 is 0 Å². The summed E-state index contributed by atoms with van der Waals surface area (Å²) in [5.74, 6) is -0.211. The van der Waals surface area contributed by atoms with Crippen LogP contribution in [-0.4, -0.2) is 6.61 Å². The summed E-state index contributed by atoms with van der Waals surface area (Å²) >= 11 is 0. The Bertz CT molecular complexity index is 349. The SMILES string of the molecule is Fc1ccc(C2=CC=COC2)cc1. The van der Waals surface area contributed by atoms with Crippen LogP contribution in [0.1, 0.15) is 5.56 Å². The molecular weight excluding hydrogens is 167 g/mol. The second-order valence-electron chi connectivity index (χ2n) is 2.84. The van der Waals surface area contributed by atoms with Gasteiger partial charge in [-0.3, -0.25) is 0 Å². The lowest BCUT2D eigenvalue weighted by atomic mass is 10.1. The summed E-state index contributed by atoms with van der Waals surface area (Å²) in [6, 6.07) is 6.41. The number of rotatable bonds is 1. The summed E-state index contributed by atoms with van der Waals surface area (Å²) in [5.41, 5.74) is 2.08. The van der Waals surface area contributed by atoms with Crippen molar-refractivity contribution >= 4 is 5.57 Å². The molecule has 0 aromatic heterocycles. The molecule has 0 spiro atoms. The predicted molar refractivity (Wildman–Crippen MR) is 49.5 cm³/mol. The molecule has 0 saturated heterocycles. The predicted octanol–water partition coefficient (Wildman–Crippen LogP) is 2.75. The third-order valence-corrected chi connectivity index (χ3v) is 1.93. The van der Waals surface area contributed by atoms with Crippen LogP contribution in [0.5, 0.6) is 0 Å². The molecule has 1 nitrogen and oxygen atoms in total. The van der Waals surface area contributed by atoms with Crippen LogP contribution in [0, 0.1) is 5.82 Å². The quantitative estimate of drug-likeness (QED) is 0.639. The van der Waals surface area contributed by atoms with Crippen molar-refractivity contribution in [1.82, 2.24) is 0 Å². The van der Waals surface area contributed by atoms with Crippen molar-refractivity contribution in [2.75, 3.05) is 6.61 Å². The fourth-order valence-corrected chi connectivity index (χ4v) is 1.24. The number of ether oxygens (including phenoxy) is 1. The summed E-state index contributed by atoms with van der Waals surface area (Å²) in [7, 11) is 0. The lowest BCUT2D eigenvalue weighted by molar-refractivity contribution is 0.293. The molecule has 1 aromatic carbocycles. The molecule has 0 saturated carbocycles. The molecule has 0 fully saturated rings. The van der Waals surface area contributed by atoms with Crippen LogP contribution < -0.4 is 0 Å². The maximum absolute atomic E-state index is 12.6. The zero-order valence-corrected chi connectivity index (χ0v) is 7.03. The van der Waals surface area contributed by atoms with Crippen LogP contribution in [-0.2, 0) is 4.74 Å². The number of halogens is 1. The minimum absolute atomic E-state index is 0.211. The first kappa shape index (κ1) is 8.05. The normalized spacial score (nSPS) is 15.0. The van der Waals surface area contributed by atoms with E-state index in [4.69, 9.17) is 4.74 Å². The van der Waals surface area contributed by atoms with Crippen LogP contribution in [0.25, 0.3) is 5.57 Å². The van der Waals surface area contributed by atoms with E-state index in [9.17, 15) is 4.39 Å². The van der Waals surface area contributed by atoms with Crippen molar-refractivity contribution in [2.45, 2.75) is 0 Å². The maximum Gasteiger partial charge on any atom is 0.123 e. The third kappa shape index (κ3) is 1.78. The van der Waals surface area contributed by atoms with Gasteiger partial charge in [0.05, 0.1) is 6.26 Å². The fourth-order valence-electron chi connectivity index (χ4n) is 1.24. The minimum Gasteiger partial charge on any atom is -0.496 e. The van der Waals surface area contributed by atoms with Crippen LogP contribution in [0.3, 0.4) is 0 Å². The Hall–Kier alpha value is -1.57. The van der Waals surface area contributed by atoms with Crippen molar-refractivity contribution in [1.29, 1.82) is 0 Å². The van der Waals surface area contributed by atoms with Gasteiger partial charge in [0.1, 0.15) is 12.4 Å². The number of hydrogen-bond donors (Lipinski definition) is 0. The van der Waals surface area contributed by atoms with Crippen LogP contribution in [0.2, 0.25) is 0 Å². The summed E-state index contributed by atoms with van der Waals surface area (Å²) in [4.78, 5) is 0. The molecule has 0 atom stereocenters. The average Bonchev–Trinajstić information content (AvgIpc) is 2.20. The number of hydrogen-bond acceptors (Lipinski definition) is 1. The van der Waals surface area contributed by atoms with E-state index in [0.717, 1.165) is 11.1 Å². The van der Waals surface area contributed by atoms with E-state index in [2.05, 4.69) is 0 Å². The molecule has 1 heterocycles. The minimum atomic E-state index is -0.211. The smallest absolute Gasteiger partial charge is 0.123 e. The first-order valence-corrected chi connectivity index (χ1v) is 4.09. The average molecular weight is 176 g/mol. The van der Waals surface area contributed by atoms with E-state index in [-0.39, 0.29) is 5.82 Å². The Morgan fingerprint density at radius 3 is 2.54 bits per heavy atom. The van der Waals surface area contributed by atoms with Gasteiger partial charge in [0.15, 0.2) is 0 Å². The number of allylic oxidation sites excluding steroid dienone is 2. The van der Waals surface area contributed by atoms with Gasteiger partial charge in [-0.2, -0.15) is 0 Å². The molecule has 13 heavy (non-hydrogen) atoms. The standard InChI is InChI=1S/C11H9FO/c12-11-5-3-9(4-6-11)10-2-1-7-13-8-10/h1-7H,8H2. The largest absolute Gasteiger partial charge is 0.496 e. The summed E-state index contributed by atoms with van der Waals surface area (Å²) in [5, 5.41) is 0. The Morgan fingerprint density at radius 2 is 1.92 bits per heavy atom. The van der Waals surface area contributed by atoms with E-state index in [0.29, 0.717) is 6.61 Å². The van der Waals surface area contributed by atoms with Gasteiger partial charge >= 0.3 is 0 Å². The molecule has 2 heteroatoms. The molecule has 66 valence electrons. The summed E-state index contributed by atoms with van der Waals surface area (Å²) < 4.78 is 17.7. The molecular formula is C11H9FO. The van der Waals surface area contributed by atoms with Crippen molar-refractivity contribution in [2.24, 2.45) is 0 Å². The Labute approximate surface area is 76.2 Å². The van der Waals surface area contributed by atoms with Gasteiger partial charge < -0.3 is 4.74 Å². The Kier molecular flexibility index (Phi) is 2.13. The lowest BCUT2D eigenvalue weighted by Crippen LogP contribution is -1.96. The van der Waals surface area contributed by atoms with Crippen molar-refractivity contribution in [3.05, 3.63) is 54.1 Å². The molecule has 1 aliphatic heterocycles. The zero-order chi connectivity index (χ0) is 9.10. The van der Waals surface area contributed by atoms with Crippen LogP contribution in [0.15, 0.2) is 42.7 Å². The van der Waals surface area contributed by atoms with Gasteiger partial charge in [0, 0.05) is 0 Å². The molecule has 1 aliphatic rings. The van der Waals surface area contributed by atoms with Gasteiger partial charge in [0.2, 0.25) is 0 Å². The number of benzene rings is 1. The molecule has 0 radical (unpaired) electrons. The van der Waals surface area contributed by atoms with E-state index in [1.54, 1.807) is 18.4 Å².